The number of hydrogen-bond donors (Lipinski definition) is 0. The number of hydrogen-bond acceptors (Lipinski definition) is 4. The van der Waals surface area contributed by atoms with Crippen LogP contribution in [0.5, 0.6) is 0 Å². The van der Waals surface area contributed by atoms with E-state index < -0.39 is 0 Å². The van der Waals surface area contributed by atoms with E-state index in [9.17, 15) is 0 Å². The van der Waals surface area contributed by atoms with E-state index in [1.165, 1.54) is 112 Å². The summed E-state index contributed by atoms with van der Waals surface area (Å²) in [6.45, 7) is 9.17. The first-order valence-corrected chi connectivity index (χ1v) is 22.2. The number of aryl methyl sites for hydroxylation is 1. The minimum atomic E-state index is -0.0614. The summed E-state index contributed by atoms with van der Waals surface area (Å²) in [5, 5.41) is 10.2. The normalized spacial score (nSPS) is 13.7. The lowest BCUT2D eigenvalue weighted by Gasteiger charge is -2.42. The summed E-state index contributed by atoms with van der Waals surface area (Å²) in [5.74, 6) is 0. The molecule has 0 amide bonds. The fourth-order valence-electron chi connectivity index (χ4n) is 10.7. The molecule has 3 nitrogen and oxygen atoms in total. The second kappa shape index (κ2) is 11.0. The number of aromatic nitrogens is 1. The van der Waals surface area contributed by atoms with Crippen LogP contribution in [0, 0.1) is 6.92 Å². The Morgan fingerprint density at radius 3 is 1.93 bits per heavy atom. The molecule has 0 N–H and O–H groups in total. The number of fused-ring (bicyclic) bond motifs is 17. The molecule has 0 saturated carbocycles. The molecule has 12 aromatic rings. The number of para-hydroxylation sites is 1. The summed E-state index contributed by atoms with van der Waals surface area (Å²) < 4.78 is 14.5. The number of nitrogens with zero attached hydrogens (tertiary/aromatic N) is 2. The molecule has 0 unspecified atom stereocenters. The summed E-state index contributed by atoms with van der Waals surface area (Å²) in [6.07, 6.45) is 0. The number of rotatable bonds is 1. The van der Waals surface area contributed by atoms with Gasteiger partial charge in [-0.1, -0.05) is 93.6 Å². The van der Waals surface area contributed by atoms with E-state index in [0.717, 1.165) is 21.9 Å². The van der Waals surface area contributed by atoms with E-state index >= 15 is 0 Å². The first-order valence-electron chi connectivity index (χ1n) is 20.5. The Balaban J connectivity index is 1.18. The average Bonchev–Trinajstić information content (AvgIpc) is 3.99. The third-order valence-corrected chi connectivity index (χ3v) is 15.7. The zero-order chi connectivity index (χ0) is 39.1. The van der Waals surface area contributed by atoms with Gasteiger partial charge in [-0.05, 0) is 101 Å². The molecule has 0 bridgehead atoms. The van der Waals surface area contributed by atoms with Crippen molar-refractivity contribution in [3.63, 3.8) is 0 Å². The van der Waals surface area contributed by atoms with Crippen LogP contribution in [-0.4, -0.2) is 11.4 Å². The van der Waals surface area contributed by atoms with E-state index in [0.29, 0.717) is 0 Å². The highest BCUT2D eigenvalue weighted by Gasteiger charge is 2.45. The van der Waals surface area contributed by atoms with Crippen molar-refractivity contribution in [1.29, 1.82) is 0 Å². The molecule has 2 aliphatic rings. The fraction of sp³-hybridized carbons (Fsp3) is 0.0943. The van der Waals surface area contributed by atoms with Crippen LogP contribution in [0.1, 0.15) is 31.9 Å². The van der Waals surface area contributed by atoms with Crippen molar-refractivity contribution in [3.05, 3.63) is 151 Å². The SMILES string of the molecule is Cc1cc2c3c4c1c1cc5c(cc1n4-c1cc4c(cc1B3N(c1ccc(C(C)(C)C)cc1)c1cc3c(cc1-2)sc1ccccc13)sc1ccccc14)oc1ccccc15. The summed E-state index contributed by atoms with van der Waals surface area (Å²) in [7, 11) is 0. The average molecular weight is 791 g/mol. The Bertz CT molecular complexity index is 3850. The van der Waals surface area contributed by atoms with Crippen LogP contribution < -0.4 is 15.7 Å². The van der Waals surface area contributed by atoms with Crippen LogP contribution in [0.15, 0.2) is 144 Å². The predicted molar refractivity (Wildman–Crippen MR) is 256 cm³/mol. The molecule has 59 heavy (non-hydrogen) atoms. The van der Waals surface area contributed by atoms with Crippen molar-refractivity contribution in [1.82, 2.24) is 4.57 Å². The summed E-state index contributed by atoms with van der Waals surface area (Å²) >= 11 is 3.81. The first-order chi connectivity index (χ1) is 28.8. The molecule has 8 aromatic carbocycles. The van der Waals surface area contributed by atoms with Gasteiger partial charge in [0.15, 0.2) is 0 Å². The van der Waals surface area contributed by atoms with Crippen LogP contribution in [0.2, 0.25) is 0 Å². The van der Waals surface area contributed by atoms with Gasteiger partial charge in [0, 0.05) is 90.6 Å². The van der Waals surface area contributed by atoms with Gasteiger partial charge in [-0.25, -0.2) is 0 Å². The number of benzene rings is 8. The molecule has 4 aromatic heterocycles. The Kier molecular flexibility index (Phi) is 6.09. The van der Waals surface area contributed by atoms with Gasteiger partial charge in [-0.3, -0.25) is 0 Å². The Morgan fingerprint density at radius 1 is 0.542 bits per heavy atom. The van der Waals surface area contributed by atoms with Crippen LogP contribution in [0.3, 0.4) is 0 Å². The van der Waals surface area contributed by atoms with Gasteiger partial charge in [-0.2, -0.15) is 0 Å². The third kappa shape index (κ3) is 4.18. The summed E-state index contributed by atoms with van der Waals surface area (Å²) in [6, 6.07) is 53.0. The van der Waals surface area contributed by atoms with Crippen molar-refractivity contribution in [2.24, 2.45) is 0 Å². The van der Waals surface area contributed by atoms with Gasteiger partial charge in [0.1, 0.15) is 11.2 Å². The predicted octanol–water partition coefficient (Wildman–Crippen LogP) is 14.3. The summed E-state index contributed by atoms with van der Waals surface area (Å²) in [5.41, 5.74) is 16.1. The van der Waals surface area contributed by atoms with Gasteiger partial charge in [-0.15, -0.1) is 22.7 Å². The van der Waals surface area contributed by atoms with Crippen LogP contribution in [0.4, 0.5) is 11.4 Å². The largest absolute Gasteiger partial charge is 0.456 e. The van der Waals surface area contributed by atoms with Gasteiger partial charge in [0.2, 0.25) is 0 Å². The topological polar surface area (TPSA) is 21.3 Å². The van der Waals surface area contributed by atoms with Crippen LogP contribution >= 0.6 is 22.7 Å². The van der Waals surface area contributed by atoms with Crippen molar-refractivity contribution < 1.29 is 4.42 Å². The number of thiophene rings is 2. The molecule has 0 radical (unpaired) electrons. The van der Waals surface area contributed by atoms with Gasteiger partial charge in [0.05, 0.1) is 11.0 Å². The van der Waals surface area contributed by atoms with Crippen molar-refractivity contribution in [2.45, 2.75) is 33.1 Å². The van der Waals surface area contributed by atoms with Gasteiger partial charge < -0.3 is 13.8 Å². The molecule has 6 heterocycles. The molecular formula is C53H35BN2OS2. The van der Waals surface area contributed by atoms with E-state index in [-0.39, 0.29) is 12.3 Å². The molecule has 2 aliphatic heterocycles. The lowest BCUT2D eigenvalue weighted by atomic mass is 9.44. The van der Waals surface area contributed by atoms with Gasteiger partial charge in [0.25, 0.3) is 0 Å². The highest BCUT2D eigenvalue weighted by atomic mass is 32.1. The maximum absolute atomic E-state index is 6.62. The minimum absolute atomic E-state index is 0.0477. The quantitative estimate of drug-likeness (QED) is 0.154. The van der Waals surface area contributed by atoms with E-state index in [1.54, 1.807) is 0 Å². The lowest BCUT2D eigenvalue weighted by Crippen LogP contribution is -2.60. The highest BCUT2D eigenvalue weighted by Crippen LogP contribution is 2.50. The molecule has 278 valence electrons. The van der Waals surface area contributed by atoms with E-state index in [1.807, 2.05) is 22.7 Å². The molecule has 0 fully saturated rings. The number of furan rings is 1. The molecule has 0 spiro atoms. The smallest absolute Gasteiger partial charge is 0.333 e. The monoisotopic (exact) mass is 790 g/mol. The minimum Gasteiger partial charge on any atom is -0.456 e. The van der Waals surface area contributed by atoms with Gasteiger partial charge >= 0.3 is 6.85 Å². The Morgan fingerprint density at radius 2 is 1.20 bits per heavy atom. The molecule has 6 heteroatoms. The molecule has 0 saturated heterocycles. The lowest BCUT2D eigenvalue weighted by molar-refractivity contribution is 0.590. The zero-order valence-corrected chi connectivity index (χ0v) is 34.6. The first kappa shape index (κ1) is 32.6. The standard InChI is InChI=1S/C53H35BN2OS2/c1-28-21-38-34-25-48-36(32-12-6-9-15-46(32)58-48)23-42(34)56(30-19-17-29(18-20-30)53(2,3)4)54-40-26-49-37(33-13-7-10-16-47(33)59-49)24-43(40)55-41-27-45-35(31-11-5-8-14-44(31)57-45)22-39(41)50(28)52(55)51(38)54/h5-27H,1-4H3. The van der Waals surface area contributed by atoms with Crippen LogP contribution in [-0.2, 0) is 5.41 Å². The fourth-order valence-corrected chi connectivity index (χ4v) is 13.0. The molecule has 0 atom stereocenters. The Labute approximate surface area is 348 Å². The van der Waals surface area contributed by atoms with Crippen LogP contribution in [0.25, 0.3) is 101 Å². The Hall–Kier alpha value is -6.34. The second-order valence-electron chi connectivity index (χ2n) is 17.7. The van der Waals surface area contributed by atoms with E-state index in [2.05, 4.69) is 177 Å². The molecule has 14 rings (SSSR count). The maximum atomic E-state index is 6.62. The molecular weight excluding hydrogens is 756 g/mol. The van der Waals surface area contributed by atoms with Crippen molar-refractivity contribution in [2.75, 3.05) is 4.81 Å². The van der Waals surface area contributed by atoms with Crippen molar-refractivity contribution >= 4 is 136 Å². The molecule has 0 aliphatic carbocycles. The second-order valence-corrected chi connectivity index (χ2v) is 19.9. The maximum Gasteiger partial charge on any atom is 0.333 e. The summed E-state index contributed by atoms with van der Waals surface area (Å²) in [4.78, 5) is 2.68. The van der Waals surface area contributed by atoms with Crippen molar-refractivity contribution in [3.8, 4) is 16.8 Å². The highest BCUT2D eigenvalue weighted by molar-refractivity contribution is 7.26. The zero-order valence-electron chi connectivity index (χ0n) is 33.0. The third-order valence-electron chi connectivity index (χ3n) is 13.4. The number of anilines is 2. The van der Waals surface area contributed by atoms with E-state index in [4.69, 9.17) is 4.42 Å².